The normalized spacial score (nSPS) is 31.1. The van der Waals surface area contributed by atoms with Crippen LogP contribution in [0.25, 0.3) is 0 Å². The highest BCUT2D eigenvalue weighted by Gasteiger charge is 2.29. The second-order valence-electron chi connectivity index (χ2n) is 7.58. The van der Waals surface area contributed by atoms with E-state index in [2.05, 4.69) is 37.9 Å². The van der Waals surface area contributed by atoms with Crippen LogP contribution >= 0.6 is 24.0 Å². The van der Waals surface area contributed by atoms with Crippen molar-refractivity contribution in [2.45, 2.75) is 46.6 Å². The van der Waals surface area contributed by atoms with E-state index in [1.807, 2.05) is 0 Å². The molecular weight excluding hydrogens is 425 g/mol. The molecule has 1 N–H and O–H groups in total. The summed E-state index contributed by atoms with van der Waals surface area (Å²) >= 11 is 0. The Balaban J connectivity index is 0.00000264. The van der Waals surface area contributed by atoms with E-state index in [4.69, 9.17) is 4.99 Å². The average Bonchev–Trinajstić information content (AvgIpc) is 2.72. The summed E-state index contributed by atoms with van der Waals surface area (Å²) in [5, 5.41) is 3.46. The minimum Gasteiger partial charge on any atom is -0.354 e. The number of nitrogens with zero attached hydrogens (tertiary/aromatic N) is 2. The fourth-order valence-electron chi connectivity index (χ4n) is 3.56. The zero-order chi connectivity index (χ0) is 16.3. The molecule has 2 saturated heterocycles. The Kier molecular flexibility index (Phi) is 8.10. The van der Waals surface area contributed by atoms with Gasteiger partial charge in [-0.05, 0) is 44.4 Å². The van der Waals surface area contributed by atoms with Crippen molar-refractivity contribution < 1.29 is 8.42 Å². The molecule has 0 aromatic carbocycles. The van der Waals surface area contributed by atoms with E-state index in [1.165, 1.54) is 6.42 Å². The average molecular weight is 457 g/mol. The van der Waals surface area contributed by atoms with E-state index in [9.17, 15) is 8.42 Å². The Hall–Kier alpha value is -0.0500. The molecule has 2 fully saturated rings. The molecule has 0 aliphatic carbocycles. The predicted molar refractivity (Wildman–Crippen MR) is 107 cm³/mol. The lowest BCUT2D eigenvalue weighted by Gasteiger charge is -2.37. The summed E-state index contributed by atoms with van der Waals surface area (Å²) in [5.41, 5.74) is 0. The van der Waals surface area contributed by atoms with Crippen molar-refractivity contribution >= 4 is 39.8 Å². The van der Waals surface area contributed by atoms with Crippen LogP contribution in [0.5, 0.6) is 0 Å². The second kappa shape index (κ2) is 8.87. The second-order valence-corrected chi connectivity index (χ2v) is 9.81. The lowest BCUT2D eigenvalue weighted by atomic mass is 9.92. The van der Waals surface area contributed by atoms with Crippen molar-refractivity contribution in [3.63, 3.8) is 0 Å². The zero-order valence-electron chi connectivity index (χ0n) is 14.8. The highest BCUT2D eigenvalue weighted by molar-refractivity contribution is 14.0. The van der Waals surface area contributed by atoms with Gasteiger partial charge in [0.1, 0.15) is 0 Å². The van der Waals surface area contributed by atoms with E-state index < -0.39 is 9.84 Å². The fourth-order valence-corrected chi connectivity index (χ4v) is 5.41. The number of guanidine groups is 1. The summed E-state index contributed by atoms with van der Waals surface area (Å²) in [4.78, 5) is 7.12. The van der Waals surface area contributed by atoms with Crippen molar-refractivity contribution in [1.29, 1.82) is 0 Å². The molecule has 2 aliphatic heterocycles. The zero-order valence-corrected chi connectivity index (χ0v) is 17.9. The van der Waals surface area contributed by atoms with Crippen molar-refractivity contribution in [2.24, 2.45) is 22.7 Å². The number of nitrogens with one attached hydrogen (secondary N) is 1. The van der Waals surface area contributed by atoms with Gasteiger partial charge in [-0.15, -0.1) is 24.0 Å². The Morgan fingerprint density at radius 1 is 1.26 bits per heavy atom. The molecule has 3 unspecified atom stereocenters. The number of likely N-dealkylation sites (tertiary alicyclic amines) is 1. The van der Waals surface area contributed by atoms with Gasteiger partial charge in [-0.1, -0.05) is 13.8 Å². The highest BCUT2D eigenvalue weighted by atomic mass is 127. The number of sulfone groups is 1. The molecule has 0 spiro atoms. The molecule has 5 nitrogen and oxygen atoms in total. The first-order chi connectivity index (χ1) is 10.2. The first-order valence-corrected chi connectivity index (χ1v) is 10.3. The number of hydrogen-bond acceptors (Lipinski definition) is 3. The summed E-state index contributed by atoms with van der Waals surface area (Å²) < 4.78 is 23.2. The van der Waals surface area contributed by atoms with Gasteiger partial charge in [0.15, 0.2) is 15.8 Å². The van der Waals surface area contributed by atoms with Crippen LogP contribution in [0, 0.1) is 17.8 Å². The molecular formula is C16H32IN3O2S. The van der Waals surface area contributed by atoms with Crippen LogP contribution in [0.2, 0.25) is 0 Å². The summed E-state index contributed by atoms with van der Waals surface area (Å²) in [5.74, 6) is 3.13. The van der Waals surface area contributed by atoms with Crippen LogP contribution in [0.3, 0.4) is 0 Å². The van der Waals surface area contributed by atoms with Gasteiger partial charge in [-0.2, -0.15) is 0 Å². The molecule has 0 aromatic heterocycles. The quantitative estimate of drug-likeness (QED) is 0.402. The van der Waals surface area contributed by atoms with Crippen LogP contribution < -0.4 is 5.32 Å². The maximum absolute atomic E-state index is 11.6. The molecule has 136 valence electrons. The van der Waals surface area contributed by atoms with Gasteiger partial charge in [-0.25, -0.2) is 8.42 Å². The van der Waals surface area contributed by atoms with Crippen LogP contribution in [0.15, 0.2) is 4.99 Å². The van der Waals surface area contributed by atoms with Gasteiger partial charge in [0.05, 0.1) is 11.5 Å². The molecule has 2 heterocycles. The van der Waals surface area contributed by atoms with Gasteiger partial charge in [0, 0.05) is 25.7 Å². The first kappa shape index (κ1) is 21.0. The Morgan fingerprint density at radius 3 is 2.35 bits per heavy atom. The standard InChI is InChI=1S/C16H31N3O2S.HI/c1-12(2)18-16(19-9-13(3)7-14(4)10-19)17-8-15-5-6-22(20,21)11-15;/h12-15H,5-11H2,1-4H3,(H,17,18);1H. The smallest absolute Gasteiger partial charge is 0.194 e. The topological polar surface area (TPSA) is 61.8 Å². The SMILES string of the molecule is CC1CC(C)CN(C(=NCC2CCS(=O)(=O)C2)NC(C)C)C1.I. The van der Waals surface area contributed by atoms with E-state index in [0.717, 1.165) is 25.5 Å². The largest absolute Gasteiger partial charge is 0.354 e. The Morgan fingerprint density at radius 2 is 1.87 bits per heavy atom. The van der Waals surface area contributed by atoms with Gasteiger partial charge in [0.2, 0.25) is 0 Å². The maximum atomic E-state index is 11.6. The number of halogens is 1. The first-order valence-electron chi connectivity index (χ1n) is 8.51. The third kappa shape index (κ3) is 6.76. The van der Waals surface area contributed by atoms with Gasteiger partial charge in [-0.3, -0.25) is 4.99 Å². The molecule has 0 aromatic rings. The van der Waals surface area contributed by atoms with Crippen LogP contribution in [0.1, 0.15) is 40.5 Å². The van der Waals surface area contributed by atoms with Crippen molar-refractivity contribution in [3.05, 3.63) is 0 Å². The predicted octanol–water partition coefficient (Wildman–Crippen LogP) is 2.37. The summed E-state index contributed by atoms with van der Waals surface area (Å²) in [7, 11) is -2.81. The third-order valence-corrected chi connectivity index (χ3v) is 6.25. The maximum Gasteiger partial charge on any atom is 0.194 e. The van der Waals surface area contributed by atoms with E-state index in [-0.39, 0.29) is 29.9 Å². The van der Waals surface area contributed by atoms with Gasteiger partial charge in [0.25, 0.3) is 0 Å². The van der Waals surface area contributed by atoms with Gasteiger partial charge >= 0.3 is 0 Å². The molecule has 0 amide bonds. The van der Waals surface area contributed by atoms with E-state index in [0.29, 0.717) is 35.9 Å². The van der Waals surface area contributed by atoms with E-state index in [1.54, 1.807) is 0 Å². The molecule has 0 saturated carbocycles. The molecule has 2 aliphatic rings. The minimum atomic E-state index is -2.81. The van der Waals surface area contributed by atoms with Gasteiger partial charge < -0.3 is 10.2 Å². The third-order valence-electron chi connectivity index (χ3n) is 4.41. The number of aliphatic imine (C=N–C) groups is 1. The minimum absolute atomic E-state index is 0. The lowest BCUT2D eigenvalue weighted by molar-refractivity contribution is 0.207. The lowest BCUT2D eigenvalue weighted by Crippen LogP contribution is -2.50. The molecule has 23 heavy (non-hydrogen) atoms. The molecule has 0 radical (unpaired) electrons. The molecule has 2 rings (SSSR count). The molecule has 3 atom stereocenters. The van der Waals surface area contributed by atoms with Crippen molar-refractivity contribution in [1.82, 2.24) is 10.2 Å². The summed E-state index contributed by atoms with van der Waals surface area (Å²) in [6.45, 7) is 11.5. The van der Waals surface area contributed by atoms with Crippen molar-refractivity contribution in [2.75, 3.05) is 31.1 Å². The Labute approximate surface area is 158 Å². The number of piperidine rings is 1. The monoisotopic (exact) mass is 457 g/mol. The van der Waals surface area contributed by atoms with E-state index >= 15 is 0 Å². The number of hydrogen-bond donors (Lipinski definition) is 1. The highest BCUT2D eigenvalue weighted by Crippen LogP contribution is 2.22. The fraction of sp³-hybridized carbons (Fsp3) is 0.938. The number of rotatable bonds is 3. The van der Waals surface area contributed by atoms with Crippen LogP contribution in [-0.2, 0) is 9.84 Å². The molecule has 7 heteroatoms. The summed E-state index contributed by atoms with van der Waals surface area (Å²) in [6, 6.07) is 0.332. The van der Waals surface area contributed by atoms with Crippen molar-refractivity contribution in [3.8, 4) is 0 Å². The van der Waals surface area contributed by atoms with Crippen LogP contribution in [0.4, 0.5) is 0 Å². The van der Waals surface area contributed by atoms with Crippen LogP contribution in [-0.4, -0.2) is 56.5 Å². The Bertz CT molecular complexity index is 497. The molecule has 0 bridgehead atoms. The summed E-state index contributed by atoms with van der Waals surface area (Å²) in [6.07, 6.45) is 2.03.